The summed E-state index contributed by atoms with van der Waals surface area (Å²) in [6, 6.07) is 8.15. The minimum Gasteiger partial charge on any atom is -0.496 e. The molecule has 0 spiro atoms. The highest BCUT2D eigenvalue weighted by atomic mass is 16.5. The molecule has 0 atom stereocenters. The van der Waals surface area contributed by atoms with Crippen LogP contribution < -0.4 is 10.1 Å². The Hall–Kier alpha value is -2.08. The molecule has 0 aromatic heterocycles. The van der Waals surface area contributed by atoms with Crippen LogP contribution in [0.5, 0.6) is 5.75 Å². The van der Waals surface area contributed by atoms with Crippen LogP contribution >= 0.6 is 0 Å². The van der Waals surface area contributed by atoms with E-state index < -0.39 is 0 Å². The Labute approximate surface area is 150 Å². The first-order valence-corrected chi connectivity index (χ1v) is 8.96. The van der Waals surface area contributed by atoms with Crippen molar-refractivity contribution in [1.29, 1.82) is 0 Å². The van der Waals surface area contributed by atoms with Gasteiger partial charge in [0.15, 0.2) is 0 Å². The van der Waals surface area contributed by atoms with Crippen LogP contribution in [-0.4, -0.2) is 68.0 Å². The second-order valence-corrected chi connectivity index (χ2v) is 6.37. The number of carbonyl (C=O) groups excluding carboxylic acids is 2. The van der Waals surface area contributed by atoms with E-state index in [9.17, 15) is 9.59 Å². The van der Waals surface area contributed by atoms with Gasteiger partial charge in [-0.15, -0.1) is 0 Å². The monoisotopic (exact) mass is 347 g/mol. The fraction of sp³-hybridized carbons (Fsp3) is 0.579. The summed E-state index contributed by atoms with van der Waals surface area (Å²) in [4.78, 5) is 27.2. The Morgan fingerprint density at radius 3 is 2.56 bits per heavy atom. The van der Waals surface area contributed by atoms with Crippen molar-refractivity contribution >= 4 is 11.8 Å². The lowest BCUT2D eigenvalue weighted by Crippen LogP contribution is -2.49. The van der Waals surface area contributed by atoms with Crippen molar-refractivity contribution in [3.8, 4) is 5.75 Å². The van der Waals surface area contributed by atoms with E-state index in [0.717, 1.165) is 51.3 Å². The molecule has 138 valence electrons. The predicted octanol–water partition coefficient (Wildman–Crippen LogP) is 1.30. The van der Waals surface area contributed by atoms with E-state index in [2.05, 4.69) is 16.3 Å². The van der Waals surface area contributed by atoms with E-state index in [1.54, 1.807) is 7.11 Å². The molecule has 0 aliphatic carbocycles. The van der Waals surface area contributed by atoms with Crippen molar-refractivity contribution in [2.45, 2.75) is 26.2 Å². The zero-order chi connectivity index (χ0) is 18.1. The number of methoxy groups -OCH3 is 1. The van der Waals surface area contributed by atoms with Gasteiger partial charge in [0, 0.05) is 46.1 Å². The summed E-state index contributed by atoms with van der Waals surface area (Å²) in [5.41, 5.74) is 1.25. The largest absolute Gasteiger partial charge is 0.496 e. The van der Waals surface area contributed by atoms with Gasteiger partial charge in [0.25, 0.3) is 0 Å². The Balaban J connectivity index is 1.65. The summed E-state index contributed by atoms with van der Waals surface area (Å²) < 4.78 is 5.39. The number of nitrogens with one attached hydrogen (secondary N) is 1. The molecule has 2 rings (SSSR count). The quantitative estimate of drug-likeness (QED) is 0.770. The van der Waals surface area contributed by atoms with E-state index in [0.29, 0.717) is 13.0 Å². The maximum absolute atomic E-state index is 12.1. The first kappa shape index (κ1) is 19.2. The number of carbonyl (C=O) groups is 2. The van der Waals surface area contributed by atoms with Gasteiger partial charge in [0.2, 0.25) is 11.8 Å². The van der Waals surface area contributed by atoms with Crippen molar-refractivity contribution < 1.29 is 14.3 Å². The zero-order valence-corrected chi connectivity index (χ0v) is 15.3. The van der Waals surface area contributed by atoms with Gasteiger partial charge >= 0.3 is 0 Å². The lowest BCUT2D eigenvalue weighted by molar-refractivity contribution is -0.132. The molecule has 0 radical (unpaired) electrons. The van der Waals surface area contributed by atoms with Gasteiger partial charge in [-0.1, -0.05) is 18.2 Å². The summed E-state index contributed by atoms with van der Waals surface area (Å²) in [7, 11) is 1.71. The molecule has 1 fully saturated rings. The van der Waals surface area contributed by atoms with Crippen LogP contribution in [0, 0.1) is 0 Å². The number of ether oxygens (including phenoxy) is 1. The molecule has 6 nitrogen and oxygen atoms in total. The highest BCUT2D eigenvalue weighted by Crippen LogP contribution is 2.19. The number of benzene rings is 1. The third-order valence-corrected chi connectivity index (χ3v) is 4.55. The average Bonchev–Trinajstić information content (AvgIpc) is 2.62. The lowest BCUT2D eigenvalue weighted by atomic mass is 10.1. The molecule has 1 aromatic carbocycles. The zero-order valence-electron chi connectivity index (χ0n) is 15.3. The van der Waals surface area contributed by atoms with Gasteiger partial charge in [0.1, 0.15) is 5.75 Å². The van der Waals surface area contributed by atoms with E-state index >= 15 is 0 Å². The number of hydrogen-bond donors (Lipinski definition) is 1. The van der Waals surface area contributed by atoms with Crippen molar-refractivity contribution in [1.82, 2.24) is 15.1 Å². The van der Waals surface area contributed by atoms with Crippen molar-refractivity contribution in [2.75, 3.05) is 46.4 Å². The number of rotatable bonds is 8. The SMILES string of the molecule is COc1ccccc1CCCN1CCN(C(=O)CCNC(C)=O)CC1. The minimum absolute atomic E-state index is 0.0901. The predicted molar refractivity (Wildman–Crippen MR) is 97.6 cm³/mol. The first-order valence-electron chi connectivity index (χ1n) is 8.96. The van der Waals surface area contributed by atoms with Gasteiger partial charge < -0.3 is 15.0 Å². The van der Waals surface area contributed by atoms with Gasteiger partial charge in [-0.25, -0.2) is 0 Å². The lowest BCUT2D eigenvalue weighted by Gasteiger charge is -2.34. The Kier molecular flexibility index (Phi) is 7.73. The standard InChI is InChI=1S/C19H29N3O3/c1-16(23)20-10-9-19(24)22-14-12-21(13-15-22)11-5-7-17-6-3-4-8-18(17)25-2/h3-4,6,8H,5,7,9-15H2,1-2H3,(H,20,23). The molecule has 1 saturated heterocycles. The summed E-state index contributed by atoms with van der Waals surface area (Å²) in [6.07, 6.45) is 2.46. The Bertz CT molecular complexity index is 569. The van der Waals surface area contributed by atoms with Crippen LogP contribution in [0.2, 0.25) is 0 Å². The van der Waals surface area contributed by atoms with Gasteiger partial charge in [-0.05, 0) is 31.0 Å². The fourth-order valence-corrected chi connectivity index (χ4v) is 3.13. The highest BCUT2D eigenvalue weighted by Gasteiger charge is 2.20. The molecule has 1 aliphatic rings. The van der Waals surface area contributed by atoms with E-state index in [1.165, 1.54) is 12.5 Å². The van der Waals surface area contributed by atoms with Crippen LogP contribution in [-0.2, 0) is 16.0 Å². The molecule has 1 aromatic rings. The third kappa shape index (κ3) is 6.38. The maximum atomic E-state index is 12.1. The molecule has 2 amide bonds. The van der Waals surface area contributed by atoms with Crippen LogP contribution in [0.1, 0.15) is 25.3 Å². The molecule has 6 heteroatoms. The molecular weight excluding hydrogens is 318 g/mol. The van der Waals surface area contributed by atoms with Crippen molar-refractivity contribution in [3.05, 3.63) is 29.8 Å². The number of para-hydroxylation sites is 1. The van der Waals surface area contributed by atoms with Crippen LogP contribution in [0.15, 0.2) is 24.3 Å². The topological polar surface area (TPSA) is 61.9 Å². The molecular formula is C19H29N3O3. The normalized spacial score (nSPS) is 15.0. The summed E-state index contributed by atoms with van der Waals surface area (Å²) in [5, 5.41) is 2.67. The summed E-state index contributed by atoms with van der Waals surface area (Å²) in [5.74, 6) is 0.993. The van der Waals surface area contributed by atoms with Gasteiger partial charge in [0.05, 0.1) is 7.11 Å². The molecule has 1 N–H and O–H groups in total. The molecule has 0 unspecified atom stereocenters. The summed E-state index contributed by atoms with van der Waals surface area (Å²) in [6.45, 7) is 6.30. The minimum atomic E-state index is -0.0901. The number of piperazine rings is 1. The van der Waals surface area contributed by atoms with E-state index in [1.807, 2.05) is 23.1 Å². The maximum Gasteiger partial charge on any atom is 0.224 e. The molecule has 0 saturated carbocycles. The van der Waals surface area contributed by atoms with E-state index in [-0.39, 0.29) is 11.8 Å². The number of aryl methyl sites for hydroxylation is 1. The molecule has 1 aliphatic heterocycles. The van der Waals surface area contributed by atoms with Gasteiger partial charge in [-0.2, -0.15) is 0 Å². The Morgan fingerprint density at radius 1 is 1.16 bits per heavy atom. The third-order valence-electron chi connectivity index (χ3n) is 4.55. The van der Waals surface area contributed by atoms with Crippen molar-refractivity contribution in [2.24, 2.45) is 0 Å². The second kappa shape index (κ2) is 10.0. The van der Waals surface area contributed by atoms with Crippen LogP contribution in [0.25, 0.3) is 0 Å². The fourth-order valence-electron chi connectivity index (χ4n) is 3.13. The van der Waals surface area contributed by atoms with Crippen LogP contribution in [0.3, 0.4) is 0 Å². The number of hydrogen-bond acceptors (Lipinski definition) is 4. The molecule has 1 heterocycles. The summed E-state index contributed by atoms with van der Waals surface area (Å²) >= 11 is 0. The van der Waals surface area contributed by atoms with Crippen molar-refractivity contribution in [3.63, 3.8) is 0 Å². The smallest absolute Gasteiger partial charge is 0.224 e. The number of amides is 2. The van der Waals surface area contributed by atoms with E-state index in [4.69, 9.17) is 4.74 Å². The number of nitrogens with zero attached hydrogens (tertiary/aromatic N) is 2. The molecule has 0 bridgehead atoms. The molecule has 25 heavy (non-hydrogen) atoms. The van der Waals surface area contributed by atoms with Gasteiger partial charge in [-0.3, -0.25) is 14.5 Å². The second-order valence-electron chi connectivity index (χ2n) is 6.37. The highest BCUT2D eigenvalue weighted by molar-refractivity contribution is 5.78. The van der Waals surface area contributed by atoms with Crippen LogP contribution in [0.4, 0.5) is 0 Å². The average molecular weight is 347 g/mol. The first-order chi connectivity index (χ1) is 12.1. The Morgan fingerprint density at radius 2 is 1.88 bits per heavy atom.